The maximum atomic E-state index is 12.9. The summed E-state index contributed by atoms with van der Waals surface area (Å²) in [5, 5.41) is 0. The second-order valence-corrected chi connectivity index (χ2v) is 8.58. The second kappa shape index (κ2) is 6.44. The van der Waals surface area contributed by atoms with Crippen molar-refractivity contribution in [3.05, 3.63) is 22.5 Å². The molecule has 1 aromatic rings. The largest absolute Gasteiger partial charge is 0.287 e. The summed E-state index contributed by atoms with van der Waals surface area (Å²) in [6.45, 7) is 0.912. The number of aromatic nitrogens is 1. The molecule has 2 heterocycles. The first kappa shape index (κ1) is 14.9. The topological polar surface area (TPSA) is 34.4 Å². The van der Waals surface area contributed by atoms with Gasteiger partial charge in [0.2, 0.25) is 5.91 Å². The number of carbonyl (C=O) groups excluding carboxylic acids is 1. The van der Waals surface area contributed by atoms with Crippen LogP contribution in [0.25, 0.3) is 0 Å². The highest BCUT2D eigenvalue weighted by atomic mass is 32.2. The highest BCUT2D eigenvalue weighted by Gasteiger charge is 2.28. The highest BCUT2D eigenvalue weighted by Crippen LogP contribution is 2.35. The minimum atomic E-state index is 0.279. The molecule has 118 valence electrons. The van der Waals surface area contributed by atoms with Crippen molar-refractivity contribution in [2.24, 2.45) is 4.99 Å². The summed E-state index contributed by atoms with van der Waals surface area (Å²) in [4.78, 5) is 17.3. The van der Waals surface area contributed by atoms with Crippen LogP contribution in [0.4, 0.5) is 0 Å². The summed E-state index contributed by atoms with van der Waals surface area (Å²) < 4.78 is 3.22. The number of hydrogen-bond donors (Lipinski definition) is 0. The van der Waals surface area contributed by atoms with Gasteiger partial charge in [-0.05, 0) is 62.5 Å². The lowest BCUT2D eigenvalue weighted by atomic mass is 9.89. The molecule has 0 N–H and O–H groups in total. The van der Waals surface area contributed by atoms with Gasteiger partial charge in [-0.15, -0.1) is 0 Å². The fourth-order valence-electron chi connectivity index (χ4n) is 3.98. The number of hydrogen-bond acceptors (Lipinski definition) is 4. The van der Waals surface area contributed by atoms with Gasteiger partial charge in [-0.1, -0.05) is 23.5 Å². The molecule has 0 bridgehead atoms. The third-order valence-electron chi connectivity index (χ3n) is 4.91. The highest BCUT2D eigenvalue weighted by molar-refractivity contribution is 8.39. The van der Waals surface area contributed by atoms with Gasteiger partial charge in [-0.2, -0.15) is 0 Å². The van der Waals surface area contributed by atoms with Crippen molar-refractivity contribution in [1.29, 1.82) is 0 Å². The number of aliphatic imine (C=N–C) groups is 1. The van der Waals surface area contributed by atoms with Gasteiger partial charge in [0, 0.05) is 17.1 Å². The molecule has 0 amide bonds. The van der Waals surface area contributed by atoms with E-state index in [9.17, 15) is 4.79 Å². The molecule has 0 saturated heterocycles. The Balaban J connectivity index is 1.62. The minimum Gasteiger partial charge on any atom is -0.287 e. The zero-order valence-electron chi connectivity index (χ0n) is 12.9. The first-order valence-corrected chi connectivity index (χ1v) is 10.4. The summed E-state index contributed by atoms with van der Waals surface area (Å²) in [5.41, 5.74) is 5.77. The summed E-state index contributed by atoms with van der Waals surface area (Å²) in [7, 11) is 0. The zero-order chi connectivity index (χ0) is 14.9. The third-order valence-corrected chi connectivity index (χ3v) is 7.14. The number of nitrogens with zero attached hydrogens (tertiary/aromatic N) is 2. The molecule has 4 rings (SSSR count). The summed E-state index contributed by atoms with van der Waals surface area (Å²) >= 11 is 3.42. The molecule has 3 aliphatic rings. The van der Waals surface area contributed by atoms with E-state index in [0.717, 1.165) is 29.5 Å². The van der Waals surface area contributed by atoms with Crippen molar-refractivity contribution >= 4 is 33.8 Å². The van der Waals surface area contributed by atoms with Crippen molar-refractivity contribution < 1.29 is 4.79 Å². The quantitative estimate of drug-likeness (QED) is 0.826. The van der Waals surface area contributed by atoms with Crippen LogP contribution in [0.2, 0.25) is 0 Å². The number of carbonyl (C=O) groups is 1. The van der Waals surface area contributed by atoms with Crippen LogP contribution in [0.1, 0.15) is 53.0 Å². The van der Waals surface area contributed by atoms with Crippen LogP contribution in [0.5, 0.6) is 0 Å². The minimum absolute atomic E-state index is 0.279. The summed E-state index contributed by atoms with van der Waals surface area (Å²) in [6.07, 6.45) is 9.61. The van der Waals surface area contributed by atoms with Crippen molar-refractivity contribution in [3.63, 3.8) is 0 Å². The number of rotatable bonds is 2. The Kier molecular flexibility index (Phi) is 4.36. The second-order valence-electron chi connectivity index (χ2n) is 6.28. The molecule has 0 atom stereocenters. The summed E-state index contributed by atoms with van der Waals surface area (Å²) in [6, 6.07) is 0. The molecule has 3 nitrogen and oxygen atoms in total. The first-order valence-electron chi connectivity index (χ1n) is 8.42. The SMILES string of the molecule is O=C(CSC1=NCCS1)n1c2c(c3c1CCCC3)CCCC2. The van der Waals surface area contributed by atoms with E-state index >= 15 is 0 Å². The Hall–Kier alpha value is -0.680. The molecule has 22 heavy (non-hydrogen) atoms. The lowest BCUT2D eigenvalue weighted by Crippen LogP contribution is -2.21. The monoisotopic (exact) mass is 334 g/mol. The van der Waals surface area contributed by atoms with E-state index in [1.54, 1.807) is 23.5 Å². The van der Waals surface area contributed by atoms with Crippen LogP contribution < -0.4 is 0 Å². The molecule has 0 aromatic carbocycles. The van der Waals surface area contributed by atoms with Gasteiger partial charge in [-0.3, -0.25) is 14.4 Å². The van der Waals surface area contributed by atoms with Gasteiger partial charge >= 0.3 is 0 Å². The molecule has 2 aliphatic carbocycles. The molecule has 0 radical (unpaired) electrons. The fraction of sp³-hybridized carbons (Fsp3) is 0.647. The van der Waals surface area contributed by atoms with E-state index in [1.165, 1.54) is 61.0 Å². The van der Waals surface area contributed by atoms with Crippen LogP contribution in [-0.4, -0.2) is 32.9 Å². The van der Waals surface area contributed by atoms with E-state index in [0.29, 0.717) is 5.75 Å². The Morgan fingerprint density at radius 2 is 1.68 bits per heavy atom. The van der Waals surface area contributed by atoms with Crippen LogP contribution in [0, 0.1) is 0 Å². The molecule has 0 unspecified atom stereocenters. The van der Waals surface area contributed by atoms with E-state index in [1.807, 2.05) is 0 Å². The van der Waals surface area contributed by atoms with E-state index in [4.69, 9.17) is 0 Å². The van der Waals surface area contributed by atoms with Crippen LogP contribution in [0.15, 0.2) is 4.99 Å². The Labute approximate surface area is 140 Å². The van der Waals surface area contributed by atoms with Crippen LogP contribution >= 0.6 is 23.5 Å². The molecule has 1 aromatic heterocycles. The van der Waals surface area contributed by atoms with Crippen LogP contribution in [0.3, 0.4) is 0 Å². The number of thioether (sulfide) groups is 2. The average molecular weight is 335 g/mol. The maximum Gasteiger partial charge on any atom is 0.241 e. The average Bonchev–Trinajstić information content (AvgIpc) is 3.18. The zero-order valence-corrected chi connectivity index (χ0v) is 14.5. The molecule has 5 heteroatoms. The van der Waals surface area contributed by atoms with Gasteiger partial charge < -0.3 is 0 Å². The molecule has 0 saturated carbocycles. The predicted octanol–water partition coefficient (Wildman–Crippen LogP) is 3.72. The van der Waals surface area contributed by atoms with Crippen molar-refractivity contribution in [2.75, 3.05) is 18.1 Å². The maximum absolute atomic E-state index is 12.9. The Bertz CT molecular complexity index is 600. The molecule has 0 spiro atoms. The Morgan fingerprint density at radius 1 is 1.05 bits per heavy atom. The fourth-order valence-corrected chi connectivity index (χ4v) is 5.84. The number of fused-ring (bicyclic) bond motifs is 3. The van der Waals surface area contributed by atoms with Crippen molar-refractivity contribution in [2.45, 2.75) is 51.4 Å². The summed E-state index contributed by atoms with van der Waals surface area (Å²) in [5.74, 6) is 1.89. The third kappa shape index (κ3) is 2.67. The normalized spacial score (nSPS) is 20.5. The molecule has 0 fully saturated rings. The Morgan fingerprint density at radius 3 is 2.27 bits per heavy atom. The van der Waals surface area contributed by atoms with Gasteiger partial charge in [-0.25, -0.2) is 0 Å². The van der Waals surface area contributed by atoms with Crippen molar-refractivity contribution in [3.8, 4) is 0 Å². The van der Waals surface area contributed by atoms with Crippen LogP contribution in [-0.2, 0) is 25.7 Å². The van der Waals surface area contributed by atoms with E-state index in [-0.39, 0.29) is 5.91 Å². The lowest BCUT2D eigenvalue weighted by Gasteiger charge is -2.16. The van der Waals surface area contributed by atoms with E-state index < -0.39 is 0 Å². The van der Waals surface area contributed by atoms with Crippen molar-refractivity contribution in [1.82, 2.24) is 4.57 Å². The standard InChI is InChI=1S/C17H22N2OS2/c20-16(11-22-17-18-9-10-21-17)19-14-7-3-1-5-12(14)13-6-2-4-8-15(13)19/h1-11H2. The first-order chi connectivity index (χ1) is 10.8. The van der Waals surface area contributed by atoms with Gasteiger partial charge in [0.25, 0.3) is 0 Å². The van der Waals surface area contributed by atoms with E-state index in [2.05, 4.69) is 9.56 Å². The molecular formula is C17H22N2OS2. The predicted molar refractivity (Wildman–Crippen MR) is 95.6 cm³/mol. The lowest BCUT2D eigenvalue weighted by molar-refractivity contribution is 0.0935. The van der Waals surface area contributed by atoms with Gasteiger partial charge in [0.05, 0.1) is 12.3 Å². The van der Waals surface area contributed by atoms with Gasteiger partial charge in [0.1, 0.15) is 4.38 Å². The molecule has 1 aliphatic heterocycles. The molecular weight excluding hydrogens is 312 g/mol. The van der Waals surface area contributed by atoms with Gasteiger partial charge in [0.15, 0.2) is 0 Å². The smallest absolute Gasteiger partial charge is 0.241 e.